The van der Waals surface area contributed by atoms with Crippen LogP contribution in [0.5, 0.6) is 0 Å². The summed E-state index contributed by atoms with van der Waals surface area (Å²) in [5, 5.41) is 2.21. The Hall–Kier alpha value is -3.21. The van der Waals surface area contributed by atoms with Crippen LogP contribution in [-0.2, 0) is 19.1 Å². The van der Waals surface area contributed by atoms with E-state index >= 15 is 0 Å². The van der Waals surface area contributed by atoms with E-state index in [1.165, 1.54) is 6.08 Å². The summed E-state index contributed by atoms with van der Waals surface area (Å²) in [6.45, 7) is 0. The number of carbonyl (C=O) groups is 3. The zero-order valence-corrected chi connectivity index (χ0v) is 12.4. The molecule has 1 fully saturated rings. The lowest BCUT2D eigenvalue weighted by Gasteiger charge is -2.42. The van der Waals surface area contributed by atoms with Gasteiger partial charge in [0.1, 0.15) is 11.7 Å². The Morgan fingerprint density at radius 3 is 2.71 bits per heavy atom. The second-order valence-electron chi connectivity index (χ2n) is 6.13. The molecule has 2 amide bonds. The molecule has 1 spiro atoms. The Morgan fingerprint density at radius 2 is 1.83 bits per heavy atom. The molecule has 1 N–H and O–H groups in total. The number of fused-ring (bicyclic) bond motifs is 2. The monoisotopic (exact) mass is 317 g/mol. The molecule has 0 aromatic heterocycles. The van der Waals surface area contributed by atoms with E-state index in [9.17, 15) is 14.4 Å². The number of hydrogen-bond acceptors (Lipinski definition) is 4. The summed E-state index contributed by atoms with van der Waals surface area (Å²) in [6.07, 6.45) is 16.7. The molecular weight excluding hydrogens is 306 g/mol. The van der Waals surface area contributed by atoms with E-state index in [-0.39, 0.29) is 5.57 Å². The maximum Gasteiger partial charge on any atom is 0.258 e. The van der Waals surface area contributed by atoms with Crippen molar-refractivity contribution in [3.63, 3.8) is 0 Å². The molecule has 116 valence electrons. The number of allylic oxidation sites excluding steroid dienone is 6. The molecule has 2 heterocycles. The minimum atomic E-state index is -1.10. The lowest BCUT2D eigenvalue weighted by molar-refractivity contribution is -0.129. The third-order valence-electron chi connectivity index (χ3n) is 4.82. The van der Waals surface area contributed by atoms with Crippen LogP contribution in [0.2, 0.25) is 0 Å². The molecule has 5 aliphatic rings. The Morgan fingerprint density at radius 1 is 1.00 bits per heavy atom. The van der Waals surface area contributed by atoms with Gasteiger partial charge in [0.15, 0.2) is 11.4 Å². The van der Waals surface area contributed by atoms with Crippen molar-refractivity contribution in [1.29, 1.82) is 0 Å². The highest BCUT2D eigenvalue weighted by atomic mass is 16.5. The number of rotatable bonds is 0. The van der Waals surface area contributed by atoms with Gasteiger partial charge >= 0.3 is 0 Å². The van der Waals surface area contributed by atoms with Crippen LogP contribution in [0.3, 0.4) is 0 Å². The summed E-state index contributed by atoms with van der Waals surface area (Å²) in [4.78, 5) is 36.4. The van der Waals surface area contributed by atoms with Gasteiger partial charge in [0.2, 0.25) is 5.91 Å². The number of amides is 2. The lowest BCUT2D eigenvalue weighted by atomic mass is 9.75. The van der Waals surface area contributed by atoms with E-state index < -0.39 is 29.1 Å². The smallest absolute Gasteiger partial charge is 0.258 e. The van der Waals surface area contributed by atoms with Crippen LogP contribution < -0.4 is 5.32 Å². The Labute approximate surface area is 137 Å². The van der Waals surface area contributed by atoms with E-state index in [0.29, 0.717) is 11.3 Å². The van der Waals surface area contributed by atoms with Crippen LogP contribution in [0.1, 0.15) is 0 Å². The summed E-state index contributed by atoms with van der Waals surface area (Å²) in [7, 11) is 0. The molecule has 3 aliphatic carbocycles. The molecular formula is C19H11NO4. The first-order valence-corrected chi connectivity index (χ1v) is 7.61. The number of nitrogens with one attached hydrogen (secondary N) is 1. The molecule has 0 bridgehead atoms. The third-order valence-corrected chi connectivity index (χ3v) is 4.82. The average molecular weight is 317 g/mol. The fourth-order valence-corrected chi connectivity index (χ4v) is 3.73. The minimum Gasteiger partial charge on any atom is -0.472 e. The van der Waals surface area contributed by atoms with Gasteiger partial charge in [-0.15, -0.1) is 0 Å². The van der Waals surface area contributed by atoms with Crippen LogP contribution in [0.25, 0.3) is 0 Å². The van der Waals surface area contributed by atoms with Gasteiger partial charge in [-0.1, -0.05) is 36.5 Å². The summed E-state index contributed by atoms with van der Waals surface area (Å²) in [5.41, 5.74) is 1.64. The number of imide groups is 1. The standard InChI is InChI=1S/C19H11NO4/c21-13-9-10-8-12-6-3-5-11-4-1-2-7-19(11,12)24-16(10)15-14(13)17(22)20-18(15)23/h1-9,14H,(H,20,22,23). The molecule has 0 radical (unpaired) electrons. The van der Waals surface area contributed by atoms with Crippen molar-refractivity contribution < 1.29 is 19.1 Å². The highest BCUT2D eigenvalue weighted by Gasteiger charge is 2.50. The Balaban J connectivity index is 1.78. The van der Waals surface area contributed by atoms with Gasteiger partial charge < -0.3 is 4.74 Å². The van der Waals surface area contributed by atoms with Crippen molar-refractivity contribution in [1.82, 2.24) is 5.32 Å². The van der Waals surface area contributed by atoms with Crippen LogP contribution >= 0.6 is 0 Å². The Bertz CT molecular complexity index is 967. The van der Waals surface area contributed by atoms with Crippen LogP contribution in [0.15, 0.2) is 82.7 Å². The van der Waals surface area contributed by atoms with Crippen molar-refractivity contribution in [2.24, 2.45) is 5.92 Å². The van der Waals surface area contributed by atoms with E-state index in [2.05, 4.69) is 5.32 Å². The van der Waals surface area contributed by atoms with E-state index in [1.807, 2.05) is 48.6 Å². The fraction of sp³-hybridized carbons (Fsp3) is 0.105. The van der Waals surface area contributed by atoms with Crippen molar-refractivity contribution in [2.45, 2.75) is 5.60 Å². The highest BCUT2D eigenvalue weighted by molar-refractivity contribution is 6.27. The van der Waals surface area contributed by atoms with Gasteiger partial charge in [0, 0.05) is 16.7 Å². The van der Waals surface area contributed by atoms with E-state index in [4.69, 9.17) is 4.74 Å². The second-order valence-corrected chi connectivity index (χ2v) is 6.13. The van der Waals surface area contributed by atoms with Gasteiger partial charge in [-0.2, -0.15) is 0 Å². The highest BCUT2D eigenvalue weighted by Crippen LogP contribution is 2.48. The van der Waals surface area contributed by atoms with Gasteiger partial charge in [0.05, 0.1) is 5.57 Å². The molecule has 2 atom stereocenters. The van der Waals surface area contributed by atoms with Crippen molar-refractivity contribution >= 4 is 17.6 Å². The second kappa shape index (κ2) is 4.20. The summed E-state index contributed by atoms with van der Waals surface area (Å²) in [5.74, 6) is -2.32. The predicted molar refractivity (Wildman–Crippen MR) is 84.2 cm³/mol. The average Bonchev–Trinajstić information content (AvgIpc) is 2.87. The minimum absolute atomic E-state index is 0.115. The van der Waals surface area contributed by atoms with Gasteiger partial charge in [0.25, 0.3) is 5.91 Å². The first-order chi connectivity index (χ1) is 11.6. The molecule has 2 unspecified atom stereocenters. The molecule has 2 aliphatic heterocycles. The van der Waals surface area contributed by atoms with Crippen molar-refractivity contribution in [2.75, 3.05) is 0 Å². The van der Waals surface area contributed by atoms with Crippen molar-refractivity contribution in [3.8, 4) is 0 Å². The maximum atomic E-state index is 12.3. The van der Waals surface area contributed by atoms with Crippen LogP contribution in [-0.4, -0.2) is 23.2 Å². The largest absolute Gasteiger partial charge is 0.472 e. The SMILES string of the molecule is O=C1NC(=O)C2C(=O)C=C3C=C4C=CC=C5C=CC=CC54OC3=C12. The molecule has 5 heteroatoms. The Kier molecular flexibility index (Phi) is 2.32. The summed E-state index contributed by atoms with van der Waals surface area (Å²) in [6, 6.07) is 0. The maximum absolute atomic E-state index is 12.3. The number of carbonyl (C=O) groups excluding carboxylic acids is 3. The quantitative estimate of drug-likeness (QED) is 0.540. The molecule has 0 aromatic carbocycles. The molecule has 0 saturated carbocycles. The first-order valence-electron chi connectivity index (χ1n) is 7.61. The molecule has 1 saturated heterocycles. The zero-order valence-electron chi connectivity index (χ0n) is 12.4. The normalized spacial score (nSPS) is 32.1. The topological polar surface area (TPSA) is 72.5 Å². The van der Waals surface area contributed by atoms with Gasteiger partial charge in [-0.3, -0.25) is 19.7 Å². The predicted octanol–water partition coefficient (Wildman–Crippen LogP) is 1.34. The van der Waals surface area contributed by atoms with E-state index in [0.717, 1.165) is 11.1 Å². The first kappa shape index (κ1) is 13.2. The van der Waals surface area contributed by atoms with E-state index in [1.54, 1.807) is 0 Å². The third kappa shape index (κ3) is 1.46. The lowest BCUT2D eigenvalue weighted by Crippen LogP contribution is -2.40. The summed E-state index contributed by atoms with van der Waals surface area (Å²) < 4.78 is 6.29. The van der Waals surface area contributed by atoms with Crippen LogP contribution in [0, 0.1) is 5.92 Å². The van der Waals surface area contributed by atoms with Gasteiger partial charge in [-0.25, -0.2) is 0 Å². The zero-order chi connectivity index (χ0) is 16.5. The van der Waals surface area contributed by atoms with Crippen LogP contribution in [0.4, 0.5) is 0 Å². The van der Waals surface area contributed by atoms with Crippen molar-refractivity contribution in [3.05, 3.63) is 82.7 Å². The molecule has 0 aromatic rings. The fourth-order valence-electron chi connectivity index (χ4n) is 3.73. The number of hydrogen-bond donors (Lipinski definition) is 1. The summed E-state index contributed by atoms with van der Waals surface area (Å²) >= 11 is 0. The number of ketones is 1. The van der Waals surface area contributed by atoms with Gasteiger partial charge in [-0.05, 0) is 18.2 Å². The molecule has 5 nitrogen and oxygen atoms in total. The molecule has 24 heavy (non-hydrogen) atoms. The molecule has 5 rings (SSSR count). The number of ether oxygens (including phenoxy) is 1.